The van der Waals surface area contributed by atoms with E-state index in [4.69, 9.17) is 11.6 Å². The maximum absolute atomic E-state index is 12.4. The molecule has 0 atom stereocenters. The molecule has 2 aromatic heterocycles. The first-order valence-corrected chi connectivity index (χ1v) is 7.96. The van der Waals surface area contributed by atoms with Gasteiger partial charge in [-0.1, -0.05) is 23.7 Å². The van der Waals surface area contributed by atoms with E-state index in [0.29, 0.717) is 17.3 Å². The number of nitrogens with one attached hydrogen (secondary N) is 2. The van der Waals surface area contributed by atoms with Gasteiger partial charge in [0.1, 0.15) is 11.5 Å². The predicted molar refractivity (Wildman–Crippen MR) is 95.2 cm³/mol. The van der Waals surface area contributed by atoms with Crippen LogP contribution < -0.4 is 5.32 Å². The Morgan fingerprint density at radius 3 is 2.92 bits per heavy atom. The van der Waals surface area contributed by atoms with Crippen molar-refractivity contribution in [2.75, 3.05) is 0 Å². The van der Waals surface area contributed by atoms with E-state index < -0.39 is 0 Å². The minimum absolute atomic E-state index is 0.172. The molecule has 0 aliphatic heterocycles. The Kier molecular flexibility index (Phi) is 3.50. The van der Waals surface area contributed by atoms with Crippen molar-refractivity contribution in [2.45, 2.75) is 6.54 Å². The lowest BCUT2D eigenvalue weighted by molar-refractivity contribution is 0.0945. The lowest BCUT2D eigenvalue weighted by Gasteiger charge is -2.04. The first kappa shape index (κ1) is 14.8. The third-order valence-corrected chi connectivity index (χ3v) is 4.35. The fourth-order valence-electron chi connectivity index (χ4n) is 2.83. The Labute approximate surface area is 143 Å². The van der Waals surface area contributed by atoms with Gasteiger partial charge in [0.25, 0.3) is 5.91 Å². The van der Waals surface area contributed by atoms with Crippen molar-refractivity contribution in [2.24, 2.45) is 7.05 Å². The van der Waals surface area contributed by atoms with Crippen molar-refractivity contribution in [3.05, 3.63) is 65.1 Å². The lowest BCUT2D eigenvalue weighted by Crippen LogP contribution is -2.24. The van der Waals surface area contributed by atoms with Crippen LogP contribution in [-0.4, -0.2) is 20.4 Å². The molecule has 0 radical (unpaired) electrons. The number of aryl methyl sites for hydroxylation is 1. The van der Waals surface area contributed by atoms with Gasteiger partial charge >= 0.3 is 0 Å². The first-order chi connectivity index (χ1) is 11.6. The van der Waals surface area contributed by atoms with Crippen LogP contribution in [0.3, 0.4) is 0 Å². The molecule has 0 fully saturated rings. The number of aromatic nitrogens is 3. The first-order valence-electron chi connectivity index (χ1n) is 7.58. The zero-order chi connectivity index (χ0) is 16.7. The van der Waals surface area contributed by atoms with Crippen LogP contribution in [0.2, 0.25) is 5.02 Å². The van der Waals surface area contributed by atoms with Crippen molar-refractivity contribution in [1.82, 2.24) is 19.9 Å². The van der Waals surface area contributed by atoms with E-state index in [1.165, 1.54) is 0 Å². The highest BCUT2D eigenvalue weighted by molar-refractivity contribution is 6.31. The monoisotopic (exact) mass is 338 g/mol. The number of imidazole rings is 1. The van der Waals surface area contributed by atoms with Crippen LogP contribution in [-0.2, 0) is 13.6 Å². The number of aromatic amines is 1. The van der Waals surface area contributed by atoms with E-state index >= 15 is 0 Å². The fourth-order valence-corrected chi connectivity index (χ4v) is 3.01. The Bertz CT molecular complexity index is 1060. The average molecular weight is 339 g/mol. The summed E-state index contributed by atoms with van der Waals surface area (Å²) < 4.78 is 1.99. The normalized spacial score (nSPS) is 11.2. The third kappa shape index (κ3) is 2.53. The lowest BCUT2D eigenvalue weighted by atomic mass is 10.2. The molecule has 2 N–H and O–H groups in total. The number of H-pyrrole nitrogens is 1. The summed E-state index contributed by atoms with van der Waals surface area (Å²) in [5.74, 6) is 0.637. The molecule has 24 heavy (non-hydrogen) atoms. The maximum atomic E-state index is 12.4. The minimum Gasteiger partial charge on any atom is -0.351 e. The van der Waals surface area contributed by atoms with Crippen molar-refractivity contribution in [1.29, 1.82) is 0 Å². The number of hydrogen-bond donors (Lipinski definition) is 2. The van der Waals surface area contributed by atoms with Gasteiger partial charge in [-0.3, -0.25) is 4.79 Å². The number of halogens is 1. The van der Waals surface area contributed by atoms with Gasteiger partial charge in [-0.15, -0.1) is 0 Å². The second-order valence-corrected chi connectivity index (χ2v) is 6.11. The zero-order valence-corrected chi connectivity index (χ0v) is 13.8. The van der Waals surface area contributed by atoms with Crippen LogP contribution in [0.5, 0.6) is 0 Å². The maximum Gasteiger partial charge on any atom is 0.268 e. The summed E-state index contributed by atoms with van der Waals surface area (Å²) in [5.41, 5.74) is 3.35. The topological polar surface area (TPSA) is 62.7 Å². The van der Waals surface area contributed by atoms with Crippen molar-refractivity contribution < 1.29 is 4.79 Å². The average Bonchev–Trinajstić information content (AvgIpc) is 3.14. The van der Waals surface area contributed by atoms with E-state index in [9.17, 15) is 4.79 Å². The third-order valence-electron chi connectivity index (χ3n) is 4.11. The van der Waals surface area contributed by atoms with Crippen LogP contribution in [0.15, 0.2) is 48.5 Å². The van der Waals surface area contributed by atoms with Gasteiger partial charge < -0.3 is 14.9 Å². The van der Waals surface area contributed by atoms with E-state index in [-0.39, 0.29) is 5.91 Å². The van der Waals surface area contributed by atoms with Crippen LogP contribution >= 0.6 is 11.6 Å². The second kappa shape index (κ2) is 5.69. The summed E-state index contributed by atoms with van der Waals surface area (Å²) in [6.45, 7) is 0.361. The largest absolute Gasteiger partial charge is 0.351 e. The summed E-state index contributed by atoms with van der Waals surface area (Å²) in [6, 6.07) is 15.2. The van der Waals surface area contributed by atoms with Gasteiger partial charge in [0.15, 0.2) is 0 Å². The molecule has 0 unspecified atom stereocenters. The minimum atomic E-state index is -0.172. The molecule has 0 bridgehead atoms. The number of carbonyl (C=O) groups is 1. The number of fused-ring (bicyclic) bond motifs is 2. The summed E-state index contributed by atoms with van der Waals surface area (Å²) in [7, 11) is 1.95. The van der Waals surface area contributed by atoms with Gasteiger partial charge in [-0.25, -0.2) is 4.98 Å². The number of benzene rings is 2. The molecule has 4 rings (SSSR count). The number of hydrogen-bond acceptors (Lipinski definition) is 2. The molecular weight excluding hydrogens is 324 g/mol. The molecule has 4 aromatic rings. The van der Waals surface area contributed by atoms with Gasteiger partial charge in [-0.2, -0.15) is 0 Å². The van der Waals surface area contributed by atoms with Crippen LogP contribution in [0, 0.1) is 0 Å². The van der Waals surface area contributed by atoms with Gasteiger partial charge in [0.05, 0.1) is 17.6 Å². The SMILES string of the molecule is Cn1c(CNC(=O)c2cc3cc(Cl)ccc3[nH]2)nc2ccccc21. The summed E-state index contributed by atoms with van der Waals surface area (Å²) in [5, 5.41) is 4.46. The highest BCUT2D eigenvalue weighted by Gasteiger charge is 2.12. The van der Waals surface area contributed by atoms with Crippen LogP contribution in [0.4, 0.5) is 0 Å². The summed E-state index contributed by atoms with van der Waals surface area (Å²) in [4.78, 5) is 20.0. The smallest absolute Gasteiger partial charge is 0.268 e. The molecule has 1 amide bonds. The molecule has 2 heterocycles. The number of para-hydroxylation sites is 2. The molecule has 2 aromatic carbocycles. The summed E-state index contributed by atoms with van der Waals surface area (Å²) in [6.07, 6.45) is 0. The number of nitrogens with zero attached hydrogens (tertiary/aromatic N) is 2. The van der Waals surface area contributed by atoms with Crippen LogP contribution in [0.1, 0.15) is 16.3 Å². The molecule has 120 valence electrons. The molecule has 0 saturated heterocycles. The van der Waals surface area contributed by atoms with E-state index in [1.54, 1.807) is 12.1 Å². The summed E-state index contributed by atoms with van der Waals surface area (Å²) >= 11 is 5.98. The Balaban J connectivity index is 1.55. The number of amides is 1. The Hall–Kier alpha value is -2.79. The Morgan fingerprint density at radius 1 is 1.25 bits per heavy atom. The fraction of sp³-hybridized carbons (Fsp3) is 0.111. The highest BCUT2D eigenvalue weighted by atomic mass is 35.5. The second-order valence-electron chi connectivity index (χ2n) is 5.67. The van der Waals surface area contributed by atoms with Crippen LogP contribution in [0.25, 0.3) is 21.9 Å². The van der Waals surface area contributed by atoms with Gasteiger partial charge in [0, 0.05) is 23.0 Å². The Morgan fingerprint density at radius 2 is 2.08 bits per heavy atom. The number of carbonyl (C=O) groups excluding carboxylic acids is 1. The number of rotatable bonds is 3. The molecule has 0 saturated carbocycles. The molecule has 0 spiro atoms. The highest BCUT2D eigenvalue weighted by Crippen LogP contribution is 2.20. The molecule has 0 aliphatic carbocycles. The van der Waals surface area contributed by atoms with E-state index in [1.807, 2.05) is 48.0 Å². The molecule has 5 nitrogen and oxygen atoms in total. The standard InChI is InChI=1S/C18H15ClN4O/c1-23-16-5-3-2-4-14(16)22-17(23)10-20-18(24)15-9-11-8-12(19)6-7-13(11)21-15/h2-9,21H,10H2,1H3,(H,20,24). The zero-order valence-electron chi connectivity index (χ0n) is 13.0. The molecule has 6 heteroatoms. The van der Waals surface area contributed by atoms with Crippen molar-refractivity contribution in [3.63, 3.8) is 0 Å². The van der Waals surface area contributed by atoms with E-state index in [2.05, 4.69) is 15.3 Å². The van der Waals surface area contributed by atoms with Crippen molar-refractivity contribution >= 4 is 39.4 Å². The van der Waals surface area contributed by atoms with Gasteiger partial charge in [-0.05, 0) is 36.4 Å². The molecule has 0 aliphatic rings. The quantitative estimate of drug-likeness (QED) is 0.599. The van der Waals surface area contributed by atoms with Crippen molar-refractivity contribution in [3.8, 4) is 0 Å². The van der Waals surface area contributed by atoms with Gasteiger partial charge in [0.2, 0.25) is 0 Å². The van der Waals surface area contributed by atoms with E-state index in [0.717, 1.165) is 27.8 Å². The predicted octanol–water partition coefficient (Wildman–Crippen LogP) is 3.64. The molecular formula is C18H15ClN4O.